The first-order valence-electron chi connectivity index (χ1n) is 9.07. The highest BCUT2D eigenvalue weighted by molar-refractivity contribution is 8.15. The van der Waals surface area contributed by atoms with Crippen LogP contribution in [0.5, 0.6) is 0 Å². The molecule has 2 aromatic carbocycles. The summed E-state index contributed by atoms with van der Waals surface area (Å²) in [6, 6.07) is 8.28. The number of hydrogen-bond acceptors (Lipinski definition) is 4. The van der Waals surface area contributed by atoms with Crippen LogP contribution in [0.25, 0.3) is 0 Å². The molecule has 31 heavy (non-hydrogen) atoms. The normalized spacial score (nSPS) is 18.4. The van der Waals surface area contributed by atoms with Crippen LogP contribution in [-0.4, -0.2) is 33.7 Å². The van der Waals surface area contributed by atoms with E-state index in [1.165, 1.54) is 35.2 Å². The number of hydrogen-bond donors (Lipinski definition) is 1. The third kappa shape index (κ3) is 5.56. The number of amidine groups is 1. The molecule has 0 spiro atoms. The van der Waals surface area contributed by atoms with E-state index in [-0.39, 0.29) is 29.7 Å². The Balaban J connectivity index is 1.87. The van der Waals surface area contributed by atoms with Crippen LogP contribution in [0.3, 0.4) is 0 Å². The summed E-state index contributed by atoms with van der Waals surface area (Å²) in [6.07, 6.45) is -4.77. The van der Waals surface area contributed by atoms with Gasteiger partial charge in [0.2, 0.25) is 11.8 Å². The average Bonchev–Trinajstić information content (AvgIpc) is 2.70. The van der Waals surface area contributed by atoms with Gasteiger partial charge in [-0.2, -0.15) is 13.2 Å². The molecule has 0 aliphatic carbocycles. The molecule has 5 nitrogen and oxygen atoms in total. The SMILES string of the molecule is CCN1C(=O)CC(C(=O)Nc2ccc(F)cc2)SC1=Nc1ccc(Cl)c(C(F)(F)F)c1. The van der Waals surface area contributed by atoms with Crippen molar-refractivity contribution in [1.82, 2.24) is 4.90 Å². The van der Waals surface area contributed by atoms with Gasteiger partial charge in [-0.3, -0.25) is 14.5 Å². The van der Waals surface area contributed by atoms with Crippen LogP contribution in [0.2, 0.25) is 5.02 Å². The number of carbonyl (C=O) groups is 2. The lowest BCUT2D eigenvalue weighted by Gasteiger charge is -2.31. The highest BCUT2D eigenvalue weighted by Crippen LogP contribution is 2.37. The Morgan fingerprint density at radius 2 is 1.94 bits per heavy atom. The molecule has 1 fully saturated rings. The molecule has 0 aromatic heterocycles. The second-order valence-electron chi connectivity index (χ2n) is 6.50. The number of halogens is 5. The van der Waals surface area contributed by atoms with Crippen LogP contribution in [0.15, 0.2) is 47.5 Å². The minimum absolute atomic E-state index is 0.0509. The van der Waals surface area contributed by atoms with Crippen molar-refractivity contribution >= 4 is 51.7 Å². The highest BCUT2D eigenvalue weighted by atomic mass is 35.5. The van der Waals surface area contributed by atoms with Crippen molar-refractivity contribution in [3.63, 3.8) is 0 Å². The van der Waals surface area contributed by atoms with E-state index in [1.54, 1.807) is 6.92 Å². The highest BCUT2D eigenvalue weighted by Gasteiger charge is 2.36. The van der Waals surface area contributed by atoms with Gasteiger partial charge in [0, 0.05) is 18.7 Å². The van der Waals surface area contributed by atoms with Crippen molar-refractivity contribution in [2.45, 2.75) is 24.8 Å². The van der Waals surface area contributed by atoms with E-state index in [9.17, 15) is 27.2 Å². The molecule has 1 N–H and O–H groups in total. The molecule has 1 heterocycles. The largest absolute Gasteiger partial charge is 0.417 e. The Bertz CT molecular complexity index is 1030. The molecule has 164 valence electrons. The first-order chi connectivity index (χ1) is 14.6. The Morgan fingerprint density at radius 1 is 1.26 bits per heavy atom. The van der Waals surface area contributed by atoms with Gasteiger partial charge in [-0.05, 0) is 49.4 Å². The number of aliphatic imine (C=N–C) groups is 1. The molecule has 1 aliphatic rings. The van der Waals surface area contributed by atoms with Crippen LogP contribution in [-0.2, 0) is 15.8 Å². The average molecular weight is 474 g/mol. The van der Waals surface area contributed by atoms with Crippen LogP contribution >= 0.6 is 23.4 Å². The van der Waals surface area contributed by atoms with Crippen LogP contribution in [0, 0.1) is 5.82 Å². The van der Waals surface area contributed by atoms with E-state index in [2.05, 4.69) is 10.3 Å². The van der Waals surface area contributed by atoms with Gasteiger partial charge in [-0.15, -0.1) is 0 Å². The molecule has 1 saturated heterocycles. The van der Waals surface area contributed by atoms with Gasteiger partial charge < -0.3 is 5.32 Å². The minimum Gasteiger partial charge on any atom is -0.325 e. The van der Waals surface area contributed by atoms with Crippen LogP contribution in [0.1, 0.15) is 18.9 Å². The molecular weight excluding hydrogens is 458 g/mol. The fourth-order valence-electron chi connectivity index (χ4n) is 2.82. The summed E-state index contributed by atoms with van der Waals surface area (Å²) >= 11 is 6.61. The van der Waals surface area contributed by atoms with Crippen molar-refractivity contribution in [2.75, 3.05) is 11.9 Å². The Morgan fingerprint density at radius 3 is 2.55 bits per heavy atom. The number of carbonyl (C=O) groups excluding carboxylic acids is 2. The first kappa shape index (κ1) is 23.1. The zero-order valence-electron chi connectivity index (χ0n) is 16.0. The second-order valence-corrected chi connectivity index (χ2v) is 8.08. The van der Waals surface area contributed by atoms with Crippen molar-refractivity contribution < 1.29 is 27.2 Å². The minimum atomic E-state index is -4.66. The molecule has 1 aliphatic heterocycles. The number of thioether (sulfide) groups is 1. The fraction of sp³-hybridized carbons (Fsp3) is 0.250. The molecule has 2 aromatic rings. The van der Waals surface area contributed by atoms with Gasteiger partial charge >= 0.3 is 6.18 Å². The Hall–Kier alpha value is -2.59. The van der Waals surface area contributed by atoms with Crippen LogP contribution in [0.4, 0.5) is 28.9 Å². The van der Waals surface area contributed by atoms with Gasteiger partial charge in [0.1, 0.15) is 11.1 Å². The van der Waals surface area contributed by atoms with Crippen molar-refractivity contribution in [3.8, 4) is 0 Å². The number of anilines is 1. The van der Waals surface area contributed by atoms with E-state index in [0.29, 0.717) is 5.69 Å². The summed E-state index contributed by atoms with van der Waals surface area (Å²) in [4.78, 5) is 30.6. The molecule has 1 unspecified atom stereocenters. The Labute approximate surface area is 184 Å². The number of nitrogens with one attached hydrogen (secondary N) is 1. The zero-order valence-corrected chi connectivity index (χ0v) is 17.6. The van der Waals surface area contributed by atoms with Gasteiger partial charge in [0.15, 0.2) is 5.17 Å². The lowest BCUT2D eigenvalue weighted by molar-refractivity contribution is -0.137. The number of nitrogens with zero attached hydrogens (tertiary/aromatic N) is 2. The molecule has 0 saturated carbocycles. The lowest BCUT2D eigenvalue weighted by atomic mass is 10.2. The summed E-state index contributed by atoms with van der Waals surface area (Å²) in [5, 5.41) is 1.38. The van der Waals surface area contributed by atoms with E-state index in [0.717, 1.165) is 23.9 Å². The summed E-state index contributed by atoms with van der Waals surface area (Å²) < 4.78 is 52.4. The summed E-state index contributed by atoms with van der Waals surface area (Å²) in [5.74, 6) is -1.35. The number of rotatable bonds is 4. The van der Waals surface area contributed by atoms with Gasteiger partial charge in [0.25, 0.3) is 0 Å². The number of alkyl halides is 3. The molecule has 2 amide bonds. The van der Waals surface area contributed by atoms with Gasteiger partial charge in [0.05, 0.1) is 16.3 Å². The standard InChI is InChI=1S/C20H16ClF4N3O2S/c1-2-28-17(29)10-16(18(30)26-12-5-3-11(22)4-6-12)31-19(28)27-13-7-8-15(21)14(9-13)20(23,24)25/h3-9,16H,2,10H2,1H3,(H,26,30). The predicted molar refractivity (Wildman–Crippen MR) is 112 cm³/mol. The monoisotopic (exact) mass is 473 g/mol. The fourth-order valence-corrected chi connectivity index (χ4v) is 4.21. The smallest absolute Gasteiger partial charge is 0.325 e. The Kier molecular flexibility index (Phi) is 6.90. The van der Waals surface area contributed by atoms with Crippen LogP contribution < -0.4 is 5.32 Å². The molecule has 0 radical (unpaired) electrons. The molecule has 11 heteroatoms. The summed E-state index contributed by atoms with van der Waals surface area (Å²) in [7, 11) is 0. The third-order valence-electron chi connectivity index (χ3n) is 4.34. The van der Waals surface area contributed by atoms with Gasteiger partial charge in [-0.25, -0.2) is 9.38 Å². The number of amides is 2. The topological polar surface area (TPSA) is 61.8 Å². The molecule has 3 rings (SSSR count). The van der Waals surface area contributed by atoms with E-state index >= 15 is 0 Å². The molecule has 1 atom stereocenters. The second kappa shape index (κ2) is 9.27. The van der Waals surface area contributed by atoms with Gasteiger partial charge in [-0.1, -0.05) is 23.4 Å². The summed E-state index contributed by atoms with van der Waals surface area (Å²) in [5.41, 5.74) is -0.745. The number of benzene rings is 2. The van der Waals surface area contributed by atoms with Crippen molar-refractivity contribution in [2.24, 2.45) is 4.99 Å². The predicted octanol–water partition coefficient (Wildman–Crippen LogP) is 5.48. The molecular formula is C20H16ClF4N3O2S. The van der Waals surface area contributed by atoms with Crippen molar-refractivity contribution in [3.05, 3.63) is 58.9 Å². The maximum absolute atomic E-state index is 13.1. The van der Waals surface area contributed by atoms with E-state index in [1.807, 2.05) is 0 Å². The van der Waals surface area contributed by atoms with Crippen molar-refractivity contribution in [1.29, 1.82) is 0 Å². The van der Waals surface area contributed by atoms with E-state index < -0.39 is 33.7 Å². The molecule has 0 bridgehead atoms. The first-order valence-corrected chi connectivity index (χ1v) is 10.3. The zero-order chi connectivity index (χ0) is 22.8. The third-order valence-corrected chi connectivity index (χ3v) is 5.86. The maximum atomic E-state index is 13.1. The maximum Gasteiger partial charge on any atom is 0.417 e. The quantitative estimate of drug-likeness (QED) is 0.598. The summed E-state index contributed by atoms with van der Waals surface area (Å²) in [6.45, 7) is 1.92. The van der Waals surface area contributed by atoms with E-state index in [4.69, 9.17) is 11.6 Å². The lowest BCUT2D eigenvalue weighted by Crippen LogP contribution is -2.45.